The highest BCUT2D eigenvalue weighted by Gasteiger charge is 2.40. The van der Waals surface area contributed by atoms with E-state index in [1.807, 2.05) is 37.3 Å². The second-order valence-electron chi connectivity index (χ2n) is 6.93. The molecular formula is C20H18N4O2. The zero-order valence-corrected chi connectivity index (χ0v) is 14.4. The van der Waals surface area contributed by atoms with Gasteiger partial charge in [0, 0.05) is 29.9 Å². The average Bonchev–Trinajstić information content (AvgIpc) is 3.26. The van der Waals surface area contributed by atoms with Gasteiger partial charge in [0.05, 0.1) is 5.56 Å². The number of rotatable bonds is 3. The fourth-order valence-corrected chi connectivity index (χ4v) is 3.56. The summed E-state index contributed by atoms with van der Waals surface area (Å²) in [6.07, 6.45) is 4.59. The van der Waals surface area contributed by atoms with Crippen LogP contribution in [0.5, 0.6) is 0 Å². The molecule has 1 amide bonds. The number of carbonyl (C=O) groups is 1. The molecule has 2 aliphatic rings. The number of aromatic nitrogens is 3. The third-order valence-electron chi connectivity index (χ3n) is 5.12. The lowest BCUT2D eigenvalue weighted by Crippen LogP contribution is -2.33. The molecule has 2 aromatic heterocycles. The minimum atomic E-state index is -0.278. The van der Waals surface area contributed by atoms with Crippen LogP contribution in [0.2, 0.25) is 0 Å². The first-order chi connectivity index (χ1) is 12.7. The van der Waals surface area contributed by atoms with Crippen LogP contribution in [0, 0.1) is 6.92 Å². The van der Waals surface area contributed by atoms with E-state index in [0.29, 0.717) is 29.5 Å². The minimum Gasteiger partial charge on any atom is -0.337 e. The van der Waals surface area contributed by atoms with E-state index in [9.17, 15) is 4.79 Å². The number of hydrogen-bond donors (Lipinski definition) is 0. The minimum absolute atomic E-state index is 0.0864. The summed E-state index contributed by atoms with van der Waals surface area (Å²) in [6.45, 7) is 1.85. The van der Waals surface area contributed by atoms with Crippen LogP contribution in [0.15, 0.2) is 47.1 Å². The molecule has 3 aromatic rings. The van der Waals surface area contributed by atoms with Gasteiger partial charge in [-0.2, -0.15) is 4.98 Å². The number of carbonyl (C=O) groups excluding carboxylic acids is 1. The number of fused-ring (bicyclic) bond motifs is 1. The standard InChI is InChI=1S/C20H18N4O2/c1-12-15(6-4-10-21-12)20(25)24-16-7-3-2-5-14(16)11-17(24)19-22-18(23-26-19)13-8-9-13/h2-7,10,13,17H,8-9,11H2,1H3. The first-order valence-electron chi connectivity index (χ1n) is 8.89. The Hall–Kier alpha value is -3.02. The molecule has 6 heteroatoms. The Kier molecular flexibility index (Phi) is 3.38. The van der Waals surface area contributed by atoms with Crippen LogP contribution in [-0.2, 0) is 6.42 Å². The SMILES string of the molecule is Cc1ncccc1C(=O)N1c2ccccc2CC1c1nc(C2CC2)no1. The maximum Gasteiger partial charge on any atom is 0.260 e. The van der Waals surface area contributed by atoms with Gasteiger partial charge in [-0.3, -0.25) is 14.7 Å². The van der Waals surface area contributed by atoms with Gasteiger partial charge in [-0.25, -0.2) is 0 Å². The summed E-state index contributed by atoms with van der Waals surface area (Å²) in [7, 11) is 0. The van der Waals surface area contributed by atoms with Crippen LogP contribution in [0.1, 0.15) is 58.1 Å². The number of benzene rings is 1. The van der Waals surface area contributed by atoms with Crippen LogP contribution >= 0.6 is 0 Å². The fraction of sp³-hybridized carbons (Fsp3) is 0.300. The van der Waals surface area contributed by atoms with Gasteiger partial charge in [-0.05, 0) is 43.5 Å². The normalized spacial score (nSPS) is 18.8. The third kappa shape index (κ3) is 2.41. The van der Waals surface area contributed by atoms with Crippen molar-refractivity contribution in [3.05, 3.63) is 71.1 Å². The highest BCUT2D eigenvalue weighted by molar-refractivity contribution is 6.08. The predicted octanol–water partition coefficient (Wildman–Crippen LogP) is 3.59. The highest BCUT2D eigenvalue weighted by Crippen LogP contribution is 2.43. The number of nitrogens with zero attached hydrogens (tertiary/aromatic N) is 4. The Balaban J connectivity index is 1.57. The van der Waals surface area contributed by atoms with Crippen molar-refractivity contribution in [1.29, 1.82) is 0 Å². The average molecular weight is 346 g/mol. The van der Waals surface area contributed by atoms with Gasteiger partial charge in [0.2, 0.25) is 5.89 Å². The van der Waals surface area contributed by atoms with Gasteiger partial charge in [0.1, 0.15) is 6.04 Å². The van der Waals surface area contributed by atoms with Crippen molar-refractivity contribution in [1.82, 2.24) is 15.1 Å². The zero-order valence-electron chi connectivity index (χ0n) is 14.4. The summed E-state index contributed by atoms with van der Waals surface area (Å²) in [5.41, 5.74) is 3.32. The Bertz CT molecular complexity index is 993. The van der Waals surface area contributed by atoms with Crippen LogP contribution in [0.3, 0.4) is 0 Å². The van der Waals surface area contributed by atoms with E-state index in [0.717, 1.165) is 29.9 Å². The summed E-state index contributed by atoms with van der Waals surface area (Å²) >= 11 is 0. The number of anilines is 1. The van der Waals surface area contributed by atoms with Crippen molar-refractivity contribution >= 4 is 11.6 Å². The van der Waals surface area contributed by atoms with Crippen molar-refractivity contribution in [2.45, 2.75) is 38.1 Å². The van der Waals surface area contributed by atoms with Crippen molar-refractivity contribution in [3.63, 3.8) is 0 Å². The first kappa shape index (κ1) is 15.3. The Morgan fingerprint density at radius 2 is 2.04 bits per heavy atom. The molecule has 1 atom stereocenters. The maximum absolute atomic E-state index is 13.4. The smallest absolute Gasteiger partial charge is 0.260 e. The van der Waals surface area contributed by atoms with Gasteiger partial charge in [-0.15, -0.1) is 0 Å². The molecule has 26 heavy (non-hydrogen) atoms. The summed E-state index contributed by atoms with van der Waals surface area (Å²) in [5.74, 6) is 1.61. The predicted molar refractivity (Wildman–Crippen MR) is 94.9 cm³/mol. The largest absolute Gasteiger partial charge is 0.337 e. The molecule has 3 heterocycles. The maximum atomic E-state index is 13.4. The highest BCUT2D eigenvalue weighted by atomic mass is 16.5. The summed E-state index contributed by atoms with van der Waals surface area (Å²) in [4.78, 5) is 24.0. The number of amides is 1. The number of pyridine rings is 1. The zero-order chi connectivity index (χ0) is 17.7. The molecule has 5 rings (SSSR count). The Morgan fingerprint density at radius 3 is 2.85 bits per heavy atom. The molecule has 0 radical (unpaired) electrons. The quantitative estimate of drug-likeness (QED) is 0.724. The van der Waals surface area contributed by atoms with E-state index >= 15 is 0 Å². The number of aryl methyl sites for hydroxylation is 1. The molecule has 0 N–H and O–H groups in total. The number of hydrogen-bond acceptors (Lipinski definition) is 5. The van der Waals surface area contributed by atoms with Gasteiger partial charge in [0.15, 0.2) is 5.82 Å². The van der Waals surface area contributed by atoms with Crippen LogP contribution < -0.4 is 4.90 Å². The number of para-hydroxylation sites is 1. The molecule has 1 aromatic carbocycles. The third-order valence-corrected chi connectivity index (χ3v) is 5.12. The van der Waals surface area contributed by atoms with Crippen molar-refractivity contribution in [3.8, 4) is 0 Å². The lowest BCUT2D eigenvalue weighted by molar-refractivity contribution is 0.0973. The van der Waals surface area contributed by atoms with Gasteiger partial charge < -0.3 is 4.52 Å². The van der Waals surface area contributed by atoms with E-state index in [4.69, 9.17) is 4.52 Å². The van der Waals surface area contributed by atoms with E-state index in [-0.39, 0.29) is 11.9 Å². The van der Waals surface area contributed by atoms with E-state index in [1.54, 1.807) is 17.2 Å². The molecule has 130 valence electrons. The second-order valence-corrected chi connectivity index (χ2v) is 6.93. The Morgan fingerprint density at radius 1 is 1.19 bits per heavy atom. The molecule has 1 aliphatic heterocycles. The van der Waals surface area contributed by atoms with Crippen LogP contribution in [-0.4, -0.2) is 21.0 Å². The van der Waals surface area contributed by atoms with Gasteiger partial charge in [0.25, 0.3) is 5.91 Å². The van der Waals surface area contributed by atoms with Gasteiger partial charge in [-0.1, -0.05) is 23.4 Å². The van der Waals surface area contributed by atoms with Crippen LogP contribution in [0.25, 0.3) is 0 Å². The molecule has 1 saturated carbocycles. The summed E-state index contributed by atoms with van der Waals surface area (Å²) in [5, 5.41) is 4.13. The fourth-order valence-electron chi connectivity index (χ4n) is 3.56. The van der Waals surface area contributed by atoms with E-state index < -0.39 is 0 Å². The lowest BCUT2D eigenvalue weighted by Gasteiger charge is -2.23. The van der Waals surface area contributed by atoms with E-state index in [2.05, 4.69) is 15.1 Å². The Labute approximate surface area is 150 Å². The molecule has 6 nitrogen and oxygen atoms in total. The second kappa shape index (κ2) is 5.76. The van der Waals surface area contributed by atoms with Crippen molar-refractivity contribution in [2.75, 3.05) is 4.90 Å². The lowest BCUT2D eigenvalue weighted by atomic mass is 10.1. The molecule has 1 unspecified atom stereocenters. The molecule has 0 bridgehead atoms. The van der Waals surface area contributed by atoms with Gasteiger partial charge >= 0.3 is 0 Å². The first-order valence-corrected chi connectivity index (χ1v) is 8.89. The molecular weight excluding hydrogens is 328 g/mol. The van der Waals surface area contributed by atoms with Crippen LogP contribution in [0.4, 0.5) is 5.69 Å². The van der Waals surface area contributed by atoms with Crippen molar-refractivity contribution < 1.29 is 9.32 Å². The summed E-state index contributed by atoms with van der Waals surface area (Å²) < 4.78 is 5.56. The molecule has 1 aliphatic carbocycles. The topological polar surface area (TPSA) is 72.1 Å². The molecule has 1 fully saturated rings. The van der Waals surface area contributed by atoms with E-state index in [1.165, 1.54) is 0 Å². The molecule has 0 spiro atoms. The monoisotopic (exact) mass is 346 g/mol. The van der Waals surface area contributed by atoms with Crippen molar-refractivity contribution in [2.24, 2.45) is 0 Å². The summed E-state index contributed by atoms with van der Waals surface area (Å²) in [6, 6.07) is 11.3. The molecule has 0 saturated heterocycles.